The minimum atomic E-state index is -0.207. The van der Waals surface area contributed by atoms with Gasteiger partial charge < -0.3 is 9.47 Å². The van der Waals surface area contributed by atoms with E-state index in [9.17, 15) is 9.59 Å². The molecule has 0 fully saturated rings. The van der Waals surface area contributed by atoms with Crippen molar-refractivity contribution in [2.24, 2.45) is 11.8 Å². The summed E-state index contributed by atoms with van der Waals surface area (Å²) in [4.78, 5) is 24.6. The molecule has 49 heavy (non-hydrogen) atoms. The summed E-state index contributed by atoms with van der Waals surface area (Å²) in [6.07, 6.45) is 15.3. The molecular weight excluding hydrogens is 628 g/mol. The highest BCUT2D eigenvalue weighted by Crippen LogP contribution is 2.36. The van der Waals surface area contributed by atoms with Crippen LogP contribution in [0, 0.1) is 11.8 Å². The van der Waals surface area contributed by atoms with Crippen LogP contribution < -0.4 is 0 Å². The van der Waals surface area contributed by atoms with Gasteiger partial charge in [0.2, 0.25) is 0 Å². The highest BCUT2D eigenvalue weighted by atomic mass is 35.5. The van der Waals surface area contributed by atoms with Gasteiger partial charge in [-0.05, 0) is 83.7 Å². The molecule has 0 heterocycles. The van der Waals surface area contributed by atoms with E-state index >= 15 is 0 Å². The second-order valence-corrected chi connectivity index (χ2v) is 12.0. The lowest BCUT2D eigenvalue weighted by Crippen LogP contribution is -2.23. The monoisotopic (exact) mass is 680 g/mol. The Balaban J connectivity index is 0.000000321. The van der Waals surface area contributed by atoms with Crippen molar-refractivity contribution in [1.82, 2.24) is 0 Å². The van der Waals surface area contributed by atoms with E-state index in [0.29, 0.717) is 0 Å². The zero-order chi connectivity index (χ0) is 32.1. The molecule has 4 atom stereocenters. The third-order valence-corrected chi connectivity index (χ3v) is 9.10. The summed E-state index contributed by atoms with van der Waals surface area (Å²) in [7, 11) is 2.94. The Labute approximate surface area is 300 Å². The Morgan fingerprint density at radius 2 is 0.857 bits per heavy atom. The molecule has 0 amide bonds. The Bertz CT molecular complexity index is 1470. The van der Waals surface area contributed by atoms with Crippen molar-refractivity contribution in [2.75, 3.05) is 14.2 Å². The molecule has 0 unspecified atom stereocenters. The number of methoxy groups -OCH3 is 2. The van der Waals surface area contributed by atoms with Crippen molar-refractivity contribution in [3.63, 3.8) is 0 Å². The predicted molar refractivity (Wildman–Crippen MR) is 207 cm³/mol. The topological polar surface area (TPSA) is 52.6 Å². The number of benzene rings is 4. The van der Waals surface area contributed by atoms with Crippen LogP contribution in [0.1, 0.15) is 76.3 Å². The fourth-order valence-corrected chi connectivity index (χ4v) is 6.63. The van der Waals surface area contributed by atoms with Crippen LogP contribution in [-0.4, -0.2) is 26.2 Å². The zero-order valence-corrected chi connectivity index (χ0v) is 28.1. The van der Waals surface area contributed by atoms with Gasteiger partial charge in [0.1, 0.15) is 0 Å². The van der Waals surface area contributed by atoms with Gasteiger partial charge >= 0.3 is 11.9 Å². The number of hydrogen-bond donors (Lipinski definition) is 0. The fraction of sp³-hybridized carbons (Fsp3) is 0.318. The lowest BCUT2D eigenvalue weighted by Gasteiger charge is -2.25. The maximum absolute atomic E-state index is 12.3. The number of halogens is 1. The van der Waals surface area contributed by atoms with Crippen molar-refractivity contribution in [1.29, 1.82) is 0 Å². The smallest absolute Gasteiger partial charge is 0.313 e. The summed E-state index contributed by atoms with van der Waals surface area (Å²) in [6, 6.07) is 37.2. The van der Waals surface area contributed by atoms with Crippen LogP contribution in [-0.2, 0) is 19.1 Å². The molecule has 0 aromatic heterocycles. The average Bonchev–Trinajstić information content (AvgIpc) is 3.14. The Morgan fingerprint density at radius 3 is 1.14 bits per heavy atom. The van der Waals surface area contributed by atoms with Crippen LogP contribution in [0.3, 0.4) is 0 Å². The number of ether oxygens (including phenoxy) is 2. The minimum Gasteiger partial charge on any atom is -0.469 e. The van der Waals surface area contributed by atoms with Crippen molar-refractivity contribution >= 4 is 24.3 Å². The second kappa shape index (κ2) is 20.8. The molecule has 2 aliphatic carbocycles. The van der Waals surface area contributed by atoms with Gasteiger partial charge in [0.15, 0.2) is 0 Å². The number of carbonyl (C=O) groups is 2. The molecular formula is C44H53ClO4. The van der Waals surface area contributed by atoms with Crippen LogP contribution in [0.15, 0.2) is 133 Å². The van der Waals surface area contributed by atoms with Crippen LogP contribution in [0.2, 0.25) is 0 Å². The molecule has 0 aliphatic heterocycles. The molecule has 0 N–H and O–H groups in total. The summed E-state index contributed by atoms with van der Waals surface area (Å²) in [6.45, 7) is 0. The van der Waals surface area contributed by atoms with Crippen LogP contribution in [0.5, 0.6) is 0 Å². The van der Waals surface area contributed by atoms with E-state index in [1.165, 1.54) is 25.3 Å². The molecule has 6 rings (SSSR count). The standard InChI is InChI=1S/2C21H22O2.2CH4.ClH/c2*1-23-21(22)20(18-10-6-3-7-11-18)19-14-12-17(13-15-19)16-8-4-2-5-9-16;;;/h2*2,4-6,8-10,12-15,18,20H,3,7,11H2,1H3;2*1H4;1H/t2*18-,20-;;;/m11.../s1. The Kier molecular flexibility index (Phi) is 17.3. The van der Waals surface area contributed by atoms with Gasteiger partial charge in [0, 0.05) is 0 Å². The molecule has 4 aromatic rings. The number of carbonyl (C=O) groups excluding carboxylic acids is 2. The number of rotatable bonds is 8. The number of esters is 2. The van der Waals surface area contributed by atoms with Gasteiger partial charge in [0.25, 0.3) is 0 Å². The first kappa shape index (κ1) is 40.8. The average molecular weight is 681 g/mol. The maximum atomic E-state index is 12.3. The molecule has 5 heteroatoms. The molecule has 0 saturated heterocycles. The summed E-state index contributed by atoms with van der Waals surface area (Å²) < 4.78 is 10.1. The molecule has 2 aliphatic rings. The Hall–Kier alpha value is -4.41. The highest BCUT2D eigenvalue weighted by Gasteiger charge is 2.31. The molecule has 4 aromatic carbocycles. The van der Waals surface area contributed by atoms with Crippen molar-refractivity contribution in [3.05, 3.63) is 145 Å². The molecule has 0 saturated carbocycles. The first-order valence-electron chi connectivity index (χ1n) is 16.4. The molecule has 260 valence electrons. The fourth-order valence-electron chi connectivity index (χ4n) is 6.63. The molecule has 0 spiro atoms. The maximum Gasteiger partial charge on any atom is 0.313 e. The third kappa shape index (κ3) is 10.8. The highest BCUT2D eigenvalue weighted by molar-refractivity contribution is 5.85. The van der Waals surface area contributed by atoms with Crippen molar-refractivity contribution in [2.45, 2.75) is 65.2 Å². The van der Waals surface area contributed by atoms with Crippen LogP contribution >= 0.6 is 12.4 Å². The van der Waals surface area contributed by atoms with E-state index < -0.39 is 0 Å². The lowest BCUT2D eigenvalue weighted by molar-refractivity contribution is -0.144. The van der Waals surface area contributed by atoms with Gasteiger partial charge in [-0.2, -0.15) is 0 Å². The van der Waals surface area contributed by atoms with E-state index in [1.807, 2.05) is 36.4 Å². The van der Waals surface area contributed by atoms with E-state index in [1.54, 1.807) is 0 Å². The molecule has 0 bridgehead atoms. The summed E-state index contributed by atoms with van der Waals surface area (Å²) in [5.41, 5.74) is 6.77. The van der Waals surface area contributed by atoms with E-state index in [2.05, 4.69) is 97.1 Å². The molecule has 0 radical (unpaired) electrons. The second-order valence-electron chi connectivity index (χ2n) is 12.0. The largest absolute Gasteiger partial charge is 0.469 e. The van der Waals surface area contributed by atoms with Crippen molar-refractivity contribution < 1.29 is 19.1 Å². The predicted octanol–water partition coefficient (Wildman–Crippen LogP) is 11.6. The normalized spacial score (nSPS) is 17.3. The SMILES string of the molecule is C.C.COC(=O)[C@@H](c1ccc(-c2ccccc2)cc1)[C@@H]1C=CCCC1.COC(=O)[C@@H](c1ccc(-c2ccccc2)cc1)[C@@H]1C=CCCC1.Cl. The first-order chi connectivity index (χ1) is 22.6. The van der Waals surface area contributed by atoms with E-state index in [-0.39, 0.29) is 62.9 Å². The Morgan fingerprint density at radius 1 is 0.531 bits per heavy atom. The number of hydrogen-bond acceptors (Lipinski definition) is 4. The van der Waals surface area contributed by atoms with E-state index in [4.69, 9.17) is 9.47 Å². The molecule has 4 nitrogen and oxygen atoms in total. The summed E-state index contributed by atoms with van der Waals surface area (Å²) in [5.74, 6) is -0.233. The summed E-state index contributed by atoms with van der Waals surface area (Å²) in [5, 5.41) is 0. The van der Waals surface area contributed by atoms with E-state index in [0.717, 1.165) is 60.8 Å². The van der Waals surface area contributed by atoms with Gasteiger partial charge in [0.05, 0.1) is 26.1 Å². The quantitative estimate of drug-likeness (QED) is 0.137. The first-order valence-corrected chi connectivity index (χ1v) is 16.4. The minimum absolute atomic E-state index is 0. The number of allylic oxidation sites excluding steroid dienone is 4. The van der Waals surface area contributed by atoms with Gasteiger partial charge in [-0.1, -0.05) is 148 Å². The van der Waals surface area contributed by atoms with Crippen molar-refractivity contribution in [3.8, 4) is 22.3 Å². The third-order valence-electron chi connectivity index (χ3n) is 9.10. The lowest BCUT2D eigenvalue weighted by atomic mass is 9.80. The van der Waals surface area contributed by atoms with Gasteiger partial charge in [-0.3, -0.25) is 9.59 Å². The summed E-state index contributed by atoms with van der Waals surface area (Å²) >= 11 is 0. The van der Waals surface area contributed by atoms with Crippen LogP contribution in [0.25, 0.3) is 22.3 Å². The van der Waals surface area contributed by atoms with Gasteiger partial charge in [-0.15, -0.1) is 12.4 Å². The van der Waals surface area contributed by atoms with Crippen LogP contribution in [0.4, 0.5) is 0 Å². The van der Waals surface area contributed by atoms with Gasteiger partial charge in [-0.25, -0.2) is 0 Å². The zero-order valence-electron chi connectivity index (χ0n) is 27.3.